The second-order valence-electron chi connectivity index (χ2n) is 8.97. The van der Waals surface area contributed by atoms with Crippen LogP contribution in [0.25, 0.3) is 5.65 Å². The molecule has 152 valence electrons. The van der Waals surface area contributed by atoms with Crippen LogP contribution in [0.2, 0.25) is 0 Å². The molecule has 0 aromatic carbocycles. The number of alkyl carbamates (subject to hydrolysis) is 1. The molecule has 2 fully saturated rings. The molecule has 1 amide bonds. The second-order valence-corrected chi connectivity index (χ2v) is 9.82. The normalized spacial score (nSPS) is 22.0. The van der Waals surface area contributed by atoms with Gasteiger partial charge in [0.25, 0.3) is 0 Å². The number of ether oxygens (including phenoxy) is 1. The van der Waals surface area contributed by atoms with Gasteiger partial charge in [-0.15, -0.1) is 0 Å². The van der Waals surface area contributed by atoms with Crippen molar-refractivity contribution in [3.05, 3.63) is 23.1 Å². The highest BCUT2D eigenvalue weighted by atomic mass is 79.9. The van der Waals surface area contributed by atoms with E-state index in [0.29, 0.717) is 0 Å². The number of carbonyl (C=O) groups excluding carboxylic acids is 1. The molecule has 7 nitrogen and oxygen atoms in total. The summed E-state index contributed by atoms with van der Waals surface area (Å²) in [5, 5.41) is 3.17. The van der Waals surface area contributed by atoms with Crippen molar-refractivity contribution in [2.24, 2.45) is 5.41 Å². The summed E-state index contributed by atoms with van der Waals surface area (Å²) in [7, 11) is 0. The molecule has 1 atom stereocenters. The minimum absolute atomic E-state index is 0.164. The van der Waals surface area contributed by atoms with Crippen molar-refractivity contribution in [3.8, 4) is 0 Å². The minimum atomic E-state index is -0.470. The Balaban J connectivity index is 1.45. The van der Waals surface area contributed by atoms with E-state index in [4.69, 9.17) is 4.74 Å². The molecule has 0 radical (unpaired) electrons. The zero-order chi connectivity index (χ0) is 19.9. The van der Waals surface area contributed by atoms with Gasteiger partial charge < -0.3 is 15.0 Å². The Hall–Kier alpha value is -1.83. The monoisotopic (exact) mass is 449 g/mol. The molecule has 2 aromatic heterocycles. The number of amides is 1. The van der Waals surface area contributed by atoms with E-state index in [-0.39, 0.29) is 17.6 Å². The van der Waals surface area contributed by atoms with Gasteiger partial charge in [-0.2, -0.15) is 0 Å². The largest absolute Gasteiger partial charge is 0.444 e. The summed E-state index contributed by atoms with van der Waals surface area (Å²) in [5.41, 5.74) is 0.579. The Morgan fingerprint density at radius 1 is 1.29 bits per heavy atom. The fourth-order valence-electron chi connectivity index (χ4n) is 4.67. The van der Waals surface area contributed by atoms with Gasteiger partial charge in [0.2, 0.25) is 5.95 Å². The Kier molecular flexibility index (Phi) is 5.02. The van der Waals surface area contributed by atoms with Crippen LogP contribution in [0.15, 0.2) is 23.1 Å². The number of hydrogen-bond donors (Lipinski definition) is 1. The van der Waals surface area contributed by atoms with Gasteiger partial charge in [0.15, 0.2) is 5.65 Å². The summed E-state index contributed by atoms with van der Waals surface area (Å²) in [4.78, 5) is 23.7. The van der Waals surface area contributed by atoms with E-state index in [1.54, 1.807) is 6.20 Å². The van der Waals surface area contributed by atoms with Gasteiger partial charge in [0, 0.05) is 37.7 Å². The van der Waals surface area contributed by atoms with Crippen LogP contribution < -0.4 is 10.2 Å². The number of rotatable bonds is 2. The molecule has 1 saturated carbocycles. The summed E-state index contributed by atoms with van der Waals surface area (Å²) < 4.78 is 8.42. The van der Waals surface area contributed by atoms with Crippen molar-refractivity contribution in [2.75, 3.05) is 18.0 Å². The van der Waals surface area contributed by atoms with Crippen LogP contribution in [0, 0.1) is 5.41 Å². The van der Waals surface area contributed by atoms with Gasteiger partial charge in [-0.05, 0) is 67.8 Å². The zero-order valence-corrected chi connectivity index (χ0v) is 18.3. The Bertz CT molecular complexity index is 867. The maximum atomic E-state index is 12.3. The van der Waals surface area contributed by atoms with Crippen LogP contribution in [0.1, 0.15) is 52.9 Å². The molecule has 28 heavy (non-hydrogen) atoms. The fraction of sp³-hybridized carbons (Fsp3) is 0.650. The molecule has 0 bridgehead atoms. The number of imidazole rings is 1. The lowest BCUT2D eigenvalue weighted by molar-refractivity contribution is 0.0442. The predicted octanol–water partition coefficient (Wildman–Crippen LogP) is 4.16. The van der Waals surface area contributed by atoms with E-state index in [9.17, 15) is 4.79 Å². The first-order valence-electron chi connectivity index (χ1n) is 9.99. The molecule has 1 saturated heterocycles. The summed E-state index contributed by atoms with van der Waals surface area (Å²) >= 11 is 3.52. The molecule has 1 N–H and O–H groups in total. The van der Waals surface area contributed by atoms with Crippen molar-refractivity contribution >= 4 is 33.6 Å². The number of carbonyl (C=O) groups is 1. The van der Waals surface area contributed by atoms with Gasteiger partial charge in [0.1, 0.15) is 5.60 Å². The summed E-state index contributed by atoms with van der Waals surface area (Å²) in [6.45, 7) is 7.55. The molecule has 1 aliphatic carbocycles. The molecule has 3 heterocycles. The van der Waals surface area contributed by atoms with E-state index in [2.05, 4.69) is 36.1 Å². The second kappa shape index (κ2) is 7.21. The third-order valence-corrected chi connectivity index (χ3v) is 6.56. The lowest BCUT2D eigenvalue weighted by Crippen LogP contribution is -2.51. The summed E-state index contributed by atoms with van der Waals surface area (Å²) in [5.74, 6) is 0.931. The third-order valence-electron chi connectivity index (χ3n) is 6.00. The molecule has 1 spiro atoms. The number of aromatic nitrogens is 3. The third kappa shape index (κ3) is 3.71. The quantitative estimate of drug-likeness (QED) is 0.744. The Morgan fingerprint density at radius 2 is 2.04 bits per heavy atom. The highest BCUT2D eigenvalue weighted by Gasteiger charge is 2.46. The van der Waals surface area contributed by atoms with E-state index in [1.165, 1.54) is 0 Å². The average Bonchev–Trinajstić information content (AvgIpc) is 3.24. The van der Waals surface area contributed by atoms with Gasteiger partial charge in [-0.25, -0.2) is 14.8 Å². The van der Waals surface area contributed by atoms with E-state index < -0.39 is 5.60 Å². The lowest BCUT2D eigenvalue weighted by atomic mass is 9.74. The molecule has 8 heteroatoms. The molecular formula is C20H28BrN5O2. The number of nitrogens with one attached hydrogen (secondary N) is 1. The highest BCUT2D eigenvalue weighted by molar-refractivity contribution is 9.10. The van der Waals surface area contributed by atoms with Crippen molar-refractivity contribution in [1.29, 1.82) is 0 Å². The number of piperidine rings is 1. The SMILES string of the molecule is CC(C)(C)OC(=O)N[C@@H]1CCCC12CCN(c1ncc(Br)c3nccn13)CC2. The number of anilines is 1. The van der Waals surface area contributed by atoms with Crippen molar-refractivity contribution < 1.29 is 9.53 Å². The first-order chi connectivity index (χ1) is 13.3. The van der Waals surface area contributed by atoms with Crippen LogP contribution in [0.4, 0.5) is 10.7 Å². The molecule has 2 aromatic rings. The molecular weight excluding hydrogens is 422 g/mol. The van der Waals surface area contributed by atoms with Gasteiger partial charge in [0.05, 0.1) is 4.47 Å². The van der Waals surface area contributed by atoms with Crippen LogP contribution in [0.5, 0.6) is 0 Å². The lowest BCUT2D eigenvalue weighted by Gasteiger charge is -2.43. The molecule has 4 rings (SSSR count). The minimum Gasteiger partial charge on any atom is -0.444 e. The average molecular weight is 450 g/mol. The Labute approximate surface area is 174 Å². The standard InChI is InChI=1S/C20H28BrN5O2/c1-19(2,3)28-18(27)24-15-5-4-6-20(15)7-10-25(11-8-20)17-23-13-14(21)16-22-9-12-26(16)17/h9,12-13,15H,4-8,10-11H2,1-3H3,(H,24,27)/t15-/m1/s1. The van der Waals surface area contributed by atoms with Gasteiger partial charge in [-0.1, -0.05) is 6.42 Å². The first-order valence-corrected chi connectivity index (χ1v) is 10.8. The van der Waals surface area contributed by atoms with Gasteiger partial charge >= 0.3 is 6.09 Å². The van der Waals surface area contributed by atoms with Crippen LogP contribution in [-0.2, 0) is 4.74 Å². The number of fused-ring (bicyclic) bond motifs is 1. The van der Waals surface area contributed by atoms with Crippen molar-refractivity contribution in [1.82, 2.24) is 19.7 Å². The van der Waals surface area contributed by atoms with Crippen LogP contribution in [-0.4, -0.2) is 45.2 Å². The molecule has 0 unspecified atom stereocenters. The van der Waals surface area contributed by atoms with E-state index in [1.807, 2.05) is 37.6 Å². The number of halogens is 1. The summed E-state index contributed by atoms with van der Waals surface area (Å²) in [6.07, 6.45) is 10.7. The highest BCUT2D eigenvalue weighted by Crippen LogP contribution is 2.47. The first kappa shape index (κ1) is 19.5. The van der Waals surface area contributed by atoms with E-state index >= 15 is 0 Å². The predicted molar refractivity (Wildman–Crippen MR) is 112 cm³/mol. The van der Waals surface area contributed by atoms with Crippen molar-refractivity contribution in [3.63, 3.8) is 0 Å². The Morgan fingerprint density at radius 3 is 2.75 bits per heavy atom. The van der Waals surface area contributed by atoms with Crippen LogP contribution >= 0.6 is 15.9 Å². The molecule has 2 aliphatic rings. The molecule has 1 aliphatic heterocycles. The zero-order valence-electron chi connectivity index (χ0n) is 16.7. The van der Waals surface area contributed by atoms with Gasteiger partial charge in [-0.3, -0.25) is 4.40 Å². The van der Waals surface area contributed by atoms with Crippen LogP contribution in [0.3, 0.4) is 0 Å². The summed E-state index contributed by atoms with van der Waals surface area (Å²) in [6, 6.07) is 0.190. The maximum absolute atomic E-state index is 12.3. The van der Waals surface area contributed by atoms with E-state index in [0.717, 1.165) is 61.3 Å². The number of nitrogens with zero attached hydrogens (tertiary/aromatic N) is 4. The fourth-order valence-corrected chi connectivity index (χ4v) is 5.07. The number of hydrogen-bond acceptors (Lipinski definition) is 5. The topological polar surface area (TPSA) is 71.8 Å². The smallest absolute Gasteiger partial charge is 0.407 e. The van der Waals surface area contributed by atoms with Crippen molar-refractivity contribution in [2.45, 2.75) is 64.5 Å². The maximum Gasteiger partial charge on any atom is 0.407 e.